The highest BCUT2D eigenvalue weighted by Crippen LogP contribution is 2.01. The van der Waals surface area contributed by atoms with Gasteiger partial charge in [-0.3, -0.25) is 4.98 Å². The van der Waals surface area contributed by atoms with Crippen molar-refractivity contribution in [2.75, 3.05) is 13.1 Å². The second-order valence-corrected chi connectivity index (χ2v) is 3.03. The van der Waals surface area contributed by atoms with E-state index in [4.69, 9.17) is 0 Å². The highest BCUT2D eigenvalue weighted by molar-refractivity contribution is 5.48. The van der Waals surface area contributed by atoms with Crippen LogP contribution < -0.4 is 5.32 Å². The third-order valence-electron chi connectivity index (χ3n) is 1.74. The van der Waals surface area contributed by atoms with E-state index in [0.717, 1.165) is 18.8 Å². The molecule has 0 aliphatic rings. The maximum Gasteiger partial charge on any atom is 0.0629 e. The summed E-state index contributed by atoms with van der Waals surface area (Å²) in [5.74, 6) is 0. The summed E-state index contributed by atoms with van der Waals surface area (Å²) in [4.78, 5) is 4.22. The highest BCUT2D eigenvalue weighted by atomic mass is 14.8. The van der Waals surface area contributed by atoms with Crippen molar-refractivity contribution >= 4 is 6.08 Å². The number of nitrogens with one attached hydrogen (secondary N) is 1. The number of hydrogen-bond donors (Lipinski definition) is 1. The summed E-state index contributed by atoms with van der Waals surface area (Å²) < 4.78 is 0. The van der Waals surface area contributed by atoms with Crippen LogP contribution in [0.25, 0.3) is 6.08 Å². The Morgan fingerprint density at radius 3 is 3.00 bits per heavy atom. The second-order valence-electron chi connectivity index (χ2n) is 3.03. The fourth-order valence-electron chi connectivity index (χ4n) is 1.09. The van der Waals surface area contributed by atoms with Crippen LogP contribution in [0.5, 0.6) is 0 Å². The Balaban J connectivity index is 2.55. The fraction of sp³-hybridized carbons (Fsp3) is 0.364. The summed E-state index contributed by atoms with van der Waals surface area (Å²) in [6, 6.07) is 5.94. The molecule has 1 aromatic rings. The molecule has 0 saturated heterocycles. The van der Waals surface area contributed by atoms with Crippen molar-refractivity contribution in [3.8, 4) is 0 Å². The third-order valence-corrected chi connectivity index (χ3v) is 1.74. The first kappa shape index (κ1) is 9.93. The van der Waals surface area contributed by atoms with Crippen molar-refractivity contribution in [3.05, 3.63) is 35.7 Å². The summed E-state index contributed by atoms with van der Waals surface area (Å²) in [5, 5.41) is 3.27. The van der Waals surface area contributed by atoms with Crippen molar-refractivity contribution in [1.82, 2.24) is 10.3 Å². The van der Waals surface area contributed by atoms with Gasteiger partial charge in [-0.1, -0.05) is 18.6 Å². The average molecular weight is 176 g/mol. The fourth-order valence-corrected chi connectivity index (χ4v) is 1.09. The van der Waals surface area contributed by atoms with Gasteiger partial charge >= 0.3 is 0 Å². The lowest BCUT2D eigenvalue weighted by Crippen LogP contribution is -2.14. The standard InChI is InChI=1S/C11H16N2/c1-3-12-9-10(2)8-11-6-4-5-7-13-11/h4-8,12H,3,9H2,1-2H3. The Kier molecular flexibility index (Phi) is 4.19. The van der Waals surface area contributed by atoms with Crippen molar-refractivity contribution in [3.63, 3.8) is 0 Å². The van der Waals surface area contributed by atoms with Gasteiger partial charge in [0.15, 0.2) is 0 Å². The predicted molar refractivity (Wildman–Crippen MR) is 56.4 cm³/mol. The van der Waals surface area contributed by atoms with Crippen LogP contribution in [-0.2, 0) is 0 Å². The van der Waals surface area contributed by atoms with Crippen molar-refractivity contribution in [2.24, 2.45) is 0 Å². The van der Waals surface area contributed by atoms with Crippen molar-refractivity contribution in [2.45, 2.75) is 13.8 Å². The van der Waals surface area contributed by atoms with Crippen LogP contribution >= 0.6 is 0 Å². The molecule has 0 spiro atoms. The lowest BCUT2D eigenvalue weighted by molar-refractivity contribution is 0.778. The largest absolute Gasteiger partial charge is 0.313 e. The maximum absolute atomic E-state index is 4.22. The van der Waals surface area contributed by atoms with E-state index in [2.05, 4.69) is 30.2 Å². The molecule has 2 heteroatoms. The molecule has 0 aliphatic carbocycles. The zero-order chi connectivity index (χ0) is 9.52. The van der Waals surface area contributed by atoms with Crippen LogP contribution in [-0.4, -0.2) is 18.1 Å². The molecule has 0 amide bonds. The van der Waals surface area contributed by atoms with Gasteiger partial charge in [0.1, 0.15) is 0 Å². The summed E-state index contributed by atoms with van der Waals surface area (Å²) in [6.07, 6.45) is 3.91. The number of aromatic nitrogens is 1. The van der Waals surface area contributed by atoms with Crippen LogP contribution in [0.1, 0.15) is 19.5 Å². The normalized spacial score (nSPS) is 11.7. The molecule has 1 rings (SSSR count). The molecule has 1 aromatic heterocycles. The van der Waals surface area contributed by atoms with E-state index in [9.17, 15) is 0 Å². The molecular weight excluding hydrogens is 160 g/mol. The first-order valence-corrected chi connectivity index (χ1v) is 4.62. The molecule has 1 heterocycles. The zero-order valence-corrected chi connectivity index (χ0v) is 8.25. The number of hydrogen-bond acceptors (Lipinski definition) is 2. The summed E-state index contributed by atoms with van der Waals surface area (Å²) in [7, 11) is 0. The van der Waals surface area contributed by atoms with Crippen molar-refractivity contribution in [1.29, 1.82) is 0 Å². The Bertz CT molecular complexity index is 265. The van der Waals surface area contributed by atoms with E-state index in [1.807, 2.05) is 24.4 Å². The van der Waals surface area contributed by atoms with Crippen molar-refractivity contribution < 1.29 is 0 Å². The lowest BCUT2D eigenvalue weighted by Gasteiger charge is -2.00. The molecule has 0 radical (unpaired) electrons. The minimum atomic E-state index is 0.938. The minimum Gasteiger partial charge on any atom is -0.313 e. The minimum absolute atomic E-state index is 0.938. The molecule has 0 fully saturated rings. The Morgan fingerprint density at radius 2 is 2.38 bits per heavy atom. The number of nitrogens with zero attached hydrogens (tertiary/aromatic N) is 1. The number of rotatable bonds is 4. The van der Waals surface area contributed by atoms with Gasteiger partial charge in [-0.15, -0.1) is 0 Å². The average Bonchev–Trinajstić information content (AvgIpc) is 2.16. The van der Waals surface area contributed by atoms with Gasteiger partial charge in [-0.2, -0.15) is 0 Å². The molecule has 2 nitrogen and oxygen atoms in total. The number of pyridine rings is 1. The predicted octanol–water partition coefficient (Wildman–Crippen LogP) is 2.09. The van der Waals surface area contributed by atoms with Crippen LogP contribution in [0.15, 0.2) is 30.0 Å². The van der Waals surface area contributed by atoms with Crippen LogP contribution in [0.4, 0.5) is 0 Å². The van der Waals surface area contributed by atoms with Gasteiger partial charge < -0.3 is 5.32 Å². The Hall–Kier alpha value is -1.15. The maximum atomic E-state index is 4.22. The second kappa shape index (κ2) is 5.49. The van der Waals surface area contributed by atoms with E-state index >= 15 is 0 Å². The van der Waals surface area contributed by atoms with E-state index in [-0.39, 0.29) is 0 Å². The van der Waals surface area contributed by atoms with E-state index in [1.165, 1.54) is 5.57 Å². The topological polar surface area (TPSA) is 24.9 Å². The lowest BCUT2D eigenvalue weighted by atomic mass is 10.2. The van der Waals surface area contributed by atoms with Gasteiger partial charge in [-0.25, -0.2) is 0 Å². The van der Waals surface area contributed by atoms with Crippen LogP contribution in [0, 0.1) is 0 Å². The Morgan fingerprint density at radius 1 is 1.54 bits per heavy atom. The molecule has 0 saturated carbocycles. The van der Waals surface area contributed by atoms with E-state index in [0.29, 0.717) is 0 Å². The van der Waals surface area contributed by atoms with Gasteiger partial charge in [0.2, 0.25) is 0 Å². The summed E-state index contributed by atoms with van der Waals surface area (Å²) in [5.41, 5.74) is 2.33. The van der Waals surface area contributed by atoms with E-state index < -0.39 is 0 Å². The number of likely N-dealkylation sites (N-methyl/N-ethyl adjacent to an activating group) is 1. The van der Waals surface area contributed by atoms with Crippen LogP contribution in [0.2, 0.25) is 0 Å². The quantitative estimate of drug-likeness (QED) is 0.760. The molecule has 1 N–H and O–H groups in total. The molecule has 0 unspecified atom stereocenters. The van der Waals surface area contributed by atoms with Gasteiger partial charge in [0, 0.05) is 12.7 Å². The summed E-state index contributed by atoms with van der Waals surface area (Å²) >= 11 is 0. The molecule has 0 atom stereocenters. The third kappa shape index (κ3) is 3.85. The molecule has 0 bridgehead atoms. The van der Waals surface area contributed by atoms with E-state index in [1.54, 1.807) is 0 Å². The first-order chi connectivity index (χ1) is 6.33. The SMILES string of the molecule is CCNCC(C)=Cc1ccccn1. The first-order valence-electron chi connectivity index (χ1n) is 4.62. The molecule has 13 heavy (non-hydrogen) atoms. The van der Waals surface area contributed by atoms with Gasteiger partial charge in [0.25, 0.3) is 0 Å². The zero-order valence-electron chi connectivity index (χ0n) is 8.25. The monoisotopic (exact) mass is 176 g/mol. The molecule has 0 aromatic carbocycles. The molecule has 70 valence electrons. The smallest absolute Gasteiger partial charge is 0.0629 e. The molecule has 0 aliphatic heterocycles. The summed E-state index contributed by atoms with van der Waals surface area (Å²) in [6.45, 7) is 6.16. The molecular formula is C11H16N2. The van der Waals surface area contributed by atoms with Gasteiger partial charge in [-0.05, 0) is 31.7 Å². The van der Waals surface area contributed by atoms with Crippen LogP contribution in [0.3, 0.4) is 0 Å². The highest BCUT2D eigenvalue weighted by Gasteiger charge is 1.90. The Labute approximate surface area is 79.7 Å². The van der Waals surface area contributed by atoms with Gasteiger partial charge in [0.05, 0.1) is 5.69 Å².